The number of hydrogen-bond acceptors (Lipinski definition) is 34. The van der Waals surface area contributed by atoms with E-state index in [-0.39, 0.29) is 54.5 Å². The van der Waals surface area contributed by atoms with Gasteiger partial charge in [0.2, 0.25) is 11.8 Å². The molecule has 44 heteroatoms. The average molecular weight is 1670 g/mol. The zero-order chi connectivity index (χ0) is 83.2. The molecule has 2 amide bonds. The van der Waals surface area contributed by atoms with Gasteiger partial charge < -0.3 is 127 Å². The number of aromatic nitrogens is 4. The van der Waals surface area contributed by atoms with Crippen LogP contribution in [-0.2, 0) is 74.4 Å². The third-order valence-electron chi connectivity index (χ3n) is 18.8. The number of nitrogens with zero attached hydrogens (tertiary/aromatic N) is 4. The van der Waals surface area contributed by atoms with Crippen molar-refractivity contribution < 1.29 is 155 Å². The Morgan fingerprint density at radius 3 is 1.99 bits per heavy atom. The molecular weight excluding hydrogens is 1570 g/mol. The fourth-order valence-corrected chi connectivity index (χ4v) is 16.1. The molecule has 3 saturated heterocycles. The number of nitrogen functional groups attached to an aromatic ring is 1. The molecule has 22 N–H and O–H groups in total. The third kappa shape index (κ3) is 30.0. The number of nitrogens with two attached hydrogens (primary N) is 2. The normalized spacial score (nSPS) is 36.5. The number of esters is 1. The zero-order valence-electron chi connectivity index (χ0n) is 62.3. The van der Waals surface area contributed by atoms with Crippen molar-refractivity contribution in [3.8, 4) is 0 Å². The van der Waals surface area contributed by atoms with Gasteiger partial charge in [-0.05, 0) is 33.1 Å². The van der Waals surface area contributed by atoms with Gasteiger partial charge in [0.25, 0.3) is 0 Å². The first-order valence-corrected chi connectivity index (χ1v) is 41.4. The molecule has 0 aromatic carbocycles. The summed E-state index contributed by atoms with van der Waals surface area (Å²) in [5.74, 6) is -7.64. The van der Waals surface area contributed by atoms with Crippen LogP contribution in [0.5, 0.6) is 0 Å². The number of fused-ring (bicyclic) bond motifs is 3. The topological polar surface area (TPSA) is 646 Å². The van der Waals surface area contributed by atoms with Crippen molar-refractivity contribution in [3.63, 3.8) is 0 Å². The van der Waals surface area contributed by atoms with Crippen LogP contribution in [0.15, 0.2) is 97.7 Å². The van der Waals surface area contributed by atoms with Crippen molar-refractivity contribution in [2.75, 3.05) is 37.8 Å². The molecule has 0 radical (unpaired) electrons. The molecule has 2 aromatic rings. The highest BCUT2D eigenvalue weighted by atomic mass is 32.2. The lowest BCUT2D eigenvalue weighted by Crippen LogP contribution is -2.61. The number of phosphoric ester groups is 3. The van der Waals surface area contributed by atoms with Crippen LogP contribution in [0.3, 0.4) is 0 Å². The van der Waals surface area contributed by atoms with E-state index in [0.717, 1.165) is 17.2 Å². The smallest absolute Gasteiger partial charge is 0.462 e. The number of nitrogens with one attached hydrogen (secondary N) is 2. The molecular formula is C68H107N8O32P3S. The number of amides is 2. The number of hydrogen-bond donors (Lipinski definition) is 20. The third-order valence-corrected chi connectivity index (χ3v) is 22.8. The van der Waals surface area contributed by atoms with Gasteiger partial charge in [0.1, 0.15) is 48.5 Å². The second-order valence-electron chi connectivity index (χ2n) is 28.5. The van der Waals surface area contributed by atoms with Crippen molar-refractivity contribution in [1.82, 2.24) is 30.2 Å². The predicted molar refractivity (Wildman–Crippen MR) is 396 cm³/mol. The van der Waals surface area contributed by atoms with Gasteiger partial charge in [-0.3, -0.25) is 37.3 Å². The Bertz CT molecular complexity index is 3760. The Labute approximate surface area is 649 Å². The fourth-order valence-electron chi connectivity index (χ4n) is 12.3. The molecule has 4 aliphatic rings. The Balaban J connectivity index is 1.07. The largest absolute Gasteiger partial charge is 0.481 e. The van der Waals surface area contributed by atoms with Crippen molar-refractivity contribution in [1.29, 1.82) is 0 Å². The fraction of sp³-hybridized carbons (Fsp3) is 0.662. The summed E-state index contributed by atoms with van der Waals surface area (Å²) in [4.78, 5) is 105. The number of allylic oxidation sites excluding steroid dienone is 12. The van der Waals surface area contributed by atoms with Crippen LogP contribution in [0.1, 0.15) is 106 Å². The number of imidazole rings is 1. The maximum Gasteiger partial charge on any atom is 0.481 e. The van der Waals surface area contributed by atoms with Crippen molar-refractivity contribution in [2.24, 2.45) is 28.9 Å². The Morgan fingerprint density at radius 1 is 0.723 bits per heavy atom. The number of carbonyl (C=O) groups excluding carboxylic acids is 4. The predicted octanol–water partition coefficient (Wildman–Crippen LogP) is -0.695. The highest BCUT2D eigenvalue weighted by molar-refractivity contribution is 8.13. The molecule has 0 spiro atoms. The summed E-state index contributed by atoms with van der Waals surface area (Å²) < 4.78 is 87.1. The molecule has 2 bridgehead atoms. The molecule has 0 aliphatic carbocycles. The van der Waals surface area contributed by atoms with E-state index in [1.54, 1.807) is 99.8 Å². The highest BCUT2D eigenvalue weighted by Crippen LogP contribution is 2.61. The standard InChI is InChI=1S/C68H107N8O32P3S/c1-37-19-17-15-13-11-9-7-8-10-12-14-16-18-20-44(104-66-57(87)53(69)56(86)40(4)103-66)30-48-52(47(82)32-68(92,106-48)31-43(79)28-46(81)45(80)22-21-41(77)27-42(78)29-51(84)102-39(3)38(2)55(37)85)65(91)112-26-25-71-50(83)23-24-72-63(90)60(89)67(5,6)34-101-111(98,99)108-110(96,97)100-33-49-59(107-109(93,94)95)58(88)64(105-49)76-36-75-54-61(70)73-35-74-62(54)76/h7-20,35-49,52-53,55-60,64,66,77-82,85-89,92H,21-34,69H2,1-6H3,(H,71,83)(H,72,90)(H,96,97)(H,98,99)(H2,70,73,74)(H2,93,94,95)/b8-7+,11-9+,12-10-,15-13+,16-14+,19-17+,20-18+/t37-,38-,39-,40+,41+,42+,43-,44-,45+,46+,47-,48-,49?,52+,53-,55+,56+,57-,58?,59?,60?,64?,66-,68+/m0/s1. The minimum absolute atomic E-state index is 0.0179. The highest BCUT2D eigenvalue weighted by Gasteiger charge is 2.53. The number of phosphoric acid groups is 3. The van der Waals surface area contributed by atoms with Gasteiger partial charge in [0, 0.05) is 68.2 Å². The number of rotatable bonds is 22. The first-order chi connectivity index (χ1) is 52.4. The van der Waals surface area contributed by atoms with Crippen LogP contribution in [-0.4, -0.2) is 277 Å². The van der Waals surface area contributed by atoms with E-state index in [2.05, 4.69) is 34.4 Å². The molecule has 7 unspecified atom stereocenters. The lowest BCUT2D eigenvalue weighted by molar-refractivity contribution is -0.306. The number of cyclic esters (lactones) is 1. The van der Waals surface area contributed by atoms with Crippen LogP contribution in [0.2, 0.25) is 0 Å². The van der Waals surface area contributed by atoms with Crippen LogP contribution >= 0.6 is 35.2 Å². The number of aliphatic hydroxyl groups is 12. The first-order valence-electron chi connectivity index (χ1n) is 35.9. The second-order valence-corrected chi connectivity index (χ2v) is 33.8. The summed E-state index contributed by atoms with van der Waals surface area (Å²) >= 11 is 0.635. The molecule has 632 valence electrons. The molecule has 112 heavy (non-hydrogen) atoms. The van der Waals surface area contributed by atoms with Crippen LogP contribution in [0.4, 0.5) is 5.82 Å². The molecule has 0 saturated carbocycles. The van der Waals surface area contributed by atoms with Crippen LogP contribution in [0.25, 0.3) is 11.2 Å². The van der Waals surface area contributed by atoms with E-state index in [9.17, 15) is 114 Å². The van der Waals surface area contributed by atoms with Crippen LogP contribution < -0.4 is 22.1 Å². The Kier molecular flexibility index (Phi) is 37.3. The quantitative estimate of drug-likeness (QED) is 0.0394. The summed E-state index contributed by atoms with van der Waals surface area (Å²) in [7, 11) is -16.8. The lowest BCUT2D eigenvalue weighted by Gasteiger charge is -2.46. The van der Waals surface area contributed by atoms with Gasteiger partial charge in [-0.2, -0.15) is 4.31 Å². The zero-order valence-corrected chi connectivity index (χ0v) is 65.8. The minimum Gasteiger partial charge on any atom is -0.462 e. The lowest BCUT2D eigenvalue weighted by atomic mass is 9.83. The average Bonchev–Trinajstić information content (AvgIpc) is 1.47. The van der Waals surface area contributed by atoms with Crippen molar-refractivity contribution in [3.05, 3.63) is 97.7 Å². The van der Waals surface area contributed by atoms with Gasteiger partial charge in [-0.25, -0.2) is 28.6 Å². The summed E-state index contributed by atoms with van der Waals surface area (Å²) in [6, 6.07) is -1.26. The monoisotopic (exact) mass is 1670 g/mol. The van der Waals surface area contributed by atoms with E-state index in [0.29, 0.717) is 11.8 Å². The summed E-state index contributed by atoms with van der Waals surface area (Å²) in [5.41, 5.74) is 10.2. The van der Waals surface area contributed by atoms with Gasteiger partial charge in [-0.1, -0.05) is 125 Å². The number of carbonyl (C=O) groups is 4. The molecule has 6 heterocycles. The van der Waals surface area contributed by atoms with Gasteiger partial charge in [0.05, 0.1) is 105 Å². The maximum absolute atomic E-state index is 14.4. The molecule has 2 aromatic heterocycles. The van der Waals surface area contributed by atoms with Crippen LogP contribution in [0, 0.1) is 23.2 Å². The minimum atomic E-state index is -5.71. The van der Waals surface area contributed by atoms with E-state index in [1.807, 2.05) is 0 Å². The van der Waals surface area contributed by atoms with E-state index in [1.165, 1.54) is 26.8 Å². The molecule has 26 atom stereocenters. The second kappa shape index (κ2) is 43.7. The van der Waals surface area contributed by atoms with Gasteiger partial charge in [0.15, 0.2) is 34.9 Å². The summed E-state index contributed by atoms with van der Waals surface area (Å²) in [6.07, 6.45) is -6.65. The van der Waals surface area contributed by atoms with Crippen molar-refractivity contribution >= 4 is 75.1 Å². The molecule has 6 rings (SSSR count). The molecule has 3 fully saturated rings. The number of aliphatic hydroxyl groups excluding tert-OH is 11. The summed E-state index contributed by atoms with van der Waals surface area (Å²) in [6.45, 7) is 6.13. The molecule has 40 nitrogen and oxygen atoms in total. The van der Waals surface area contributed by atoms with Gasteiger partial charge >= 0.3 is 29.4 Å². The van der Waals surface area contributed by atoms with Gasteiger partial charge in [-0.15, -0.1) is 0 Å². The first kappa shape index (κ1) is 95.5. The van der Waals surface area contributed by atoms with E-state index in [4.69, 9.17) is 44.2 Å². The van der Waals surface area contributed by atoms with Crippen molar-refractivity contribution in [2.45, 2.75) is 227 Å². The van der Waals surface area contributed by atoms with E-state index < -0.39 is 250 Å². The van der Waals surface area contributed by atoms with E-state index >= 15 is 0 Å². The number of ether oxygens (including phenoxy) is 5. The Morgan fingerprint density at radius 2 is 1.35 bits per heavy atom. The SMILES string of the molecule is C[C@@H]1[C@H](O)[C@@H](C)/C=C/C=C/C=C/C=C/C=C\C=C\C=C\[C@H](O[C@@H]2O[C@H](C)[C@@H](O)[C@H](N)[C@@H]2O)C[C@@H]2O[C@](O)(C[C@@H](O)C[C@@H](O)[C@H](O)CC[C@@H](O)C[C@@H](O)CC(=O)O[C@H]1C)C[C@H](O)[C@H]2C(=O)SCCNC(=O)CCNC(=O)C(O)C(C)(C)COP(=O)(O)OP(=O)(O)OCC1OC(n2cnc3c(N)ncnc32)C(O)C1OP(=O)(O)O. The number of thioether (sulfide) groups is 1. The summed E-state index contributed by atoms with van der Waals surface area (Å²) in [5, 5.41) is 138. The maximum atomic E-state index is 14.4. The molecule has 4 aliphatic heterocycles. The number of anilines is 1. The Hall–Kier alpha value is -5.35.